The first-order valence-electron chi connectivity index (χ1n) is 5.89. The van der Waals surface area contributed by atoms with Crippen molar-refractivity contribution in [2.75, 3.05) is 0 Å². The number of aryl methyl sites for hydroxylation is 1. The summed E-state index contributed by atoms with van der Waals surface area (Å²) in [5, 5.41) is 7.91. The molecule has 0 saturated carbocycles. The van der Waals surface area contributed by atoms with Crippen LogP contribution in [-0.2, 0) is 6.61 Å². The molecule has 19 heavy (non-hydrogen) atoms. The van der Waals surface area contributed by atoms with Crippen molar-refractivity contribution in [2.24, 2.45) is 5.73 Å². The number of ether oxygens (including phenoxy) is 1. The molecule has 2 aromatic rings. The molecule has 2 aromatic carbocycles. The third-order valence-electron chi connectivity index (χ3n) is 2.84. The van der Waals surface area contributed by atoms with Gasteiger partial charge in [-0.2, -0.15) is 0 Å². The highest BCUT2D eigenvalue weighted by molar-refractivity contribution is 6.31. The van der Waals surface area contributed by atoms with Gasteiger partial charge in [0.25, 0.3) is 0 Å². The second-order valence-electron chi connectivity index (χ2n) is 4.27. The molecule has 0 heterocycles. The van der Waals surface area contributed by atoms with Gasteiger partial charge in [-0.15, -0.1) is 0 Å². The maximum Gasteiger partial charge on any atom is 0.122 e. The molecule has 3 nitrogen and oxygen atoms in total. The summed E-state index contributed by atoms with van der Waals surface area (Å²) >= 11 is 6.15. The van der Waals surface area contributed by atoms with E-state index in [0.29, 0.717) is 17.2 Å². The molecule has 98 valence electrons. The molecule has 0 amide bonds. The Morgan fingerprint density at radius 3 is 2.63 bits per heavy atom. The Morgan fingerprint density at radius 1 is 1.26 bits per heavy atom. The van der Waals surface area contributed by atoms with Crippen molar-refractivity contribution in [3.63, 3.8) is 0 Å². The van der Waals surface area contributed by atoms with E-state index in [1.165, 1.54) is 0 Å². The number of rotatable bonds is 4. The van der Waals surface area contributed by atoms with Crippen molar-refractivity contribution in [3.8, 4) is 5.75 Å². The number of hydrogen-bond acceptors (Lipinski definition) is 2. The number of hydrogen-bond donors (Lipinski definition) is 2. The van der Waals surface area contributed by atoms with Gasteiger partial charge in [-0.3, -0.25) is 5.41 Å². The molecule has 0 aromatic heterocycles. The number of nitrogens with one attached hydrogen (secondary N) is 1. The van der Waals surface area contributed by atoms with Gasteiger partial charge in [-0.1, -0.05) is 41.9 Å². The topological polar surface area (TPSA) is 59.1 Å². The summed E-state index contributed by atoms with van der Waals surface area (Å²) < 4.78 is 5.73. The van der Waals surface area contributed by atoms with Gasteiger partial charge in [0.1, 0.15) is 18.2 Å². The van der Waals surface area contributed by atoms with E-state index >= 15 is 0 Å². The Morgan fingerprint density at radius 2 is 2.00 bits per heavy atom. The van der Waals surface area contributed by atoms with Gasteiger partial charge in [-0.05, 0) is 24.6 Å². The van der Waals surface area contributed by atoms with Crippen LogP contribution in [0, 0.1) is 12.3 Å². The van der Waals surface area contributed by atoms with Gasteiger partial charge in [0.2, 0.25) is 0 Å². The summed E-state index contributed by atoms with van der Waals surface area (Å²) in [6, 6.07) is 13.1. The molecule has 3 N–H and O–H groups in total. The van der Waals surface area contributed by atoms with E-state index < -0.39 is 0 Å². The molecule has 0 aliphatic rings. The third kappa shape index (κ3) is 3.26. The predicted molar refractivity (Wildman–Crippen MR) is 78.0 cm³/mol. The van der Waals surface area contributed by atoms with E-state index in [4.69, 9.17) is 27.5 Å². The van der Waals surface area contributed by atoms with Crippen molar-refractivity contribution in [1.29, 1.82) is 5.41 Å². The van der Waals surface area contributed by atoms with E-state index in [0.717, 1.165) is 16.9 Å². The number of halogens is 1. The van der Waals surface area contributed by atoms with Crippen molar-refractivity contribution in [2.45, 2.75) is 13.5 Å². The summed E-state index contributed by atoms with van der Waals surface area (Å²) in [5.74, 6) is 0.850. The monoisotopic (exact) mass is 274 g/mol. The van der Waals surface area contributed by atoms with Crippen LogP contribution in [-0.4, -0.2) is 5.84 Å². The average Bonchev–Trinajstić information content (AvgIpc) is 2.39. The fourth-order valence-electron chi connectivity index (χ4n) is 1.71. The zero-order valence-corrected chi connectivity index (χ0v) is 11.4. The first kappa shape index (κ1) is 13.4. The molecule has 0 saturated heterocycles. The van der Waals surface area contributed by atoms with Gasteiger partial charge in [0.05, 0.1) is 0 Å². The van der Waals surface area contributed by atoms with E-state index in [2.05, 4.69) is 0 Å². The zero-order chi connectivity index (χ0) is 13.8. The van der Waals surface area contributed by atoms with Crippen LogP contribution in [0.15, 0.2) is 42.5 Å². The molecule has 4 heteroatoms. The number of nitrogen functional groups attached to an aromatic ring is 1. The van der Waals surface area contributed by atoms with Gasteiger partial charge in [0, 0.05) is 16.1 Å². The van der Waals surface area contributed by atoms with E-state index in [-0.39, 0.29) is 5.84 Å². The SMILES string of the molecule is Cc1ccccc1OCc1ccc(C(=N)N)cc1Cl. The Hall–Kier alpha value is -2.00. The van der Waals surface area contributed by atoms with E-state index in [1.807, 2.05) is 37.3 Å². The maximum absolute atomic E-state index is 7.35. The lowest BCUT2D eigenvalue weighted by Gasteiger charge is -2.10. The average molecular weight is 275 g/mol. The van der Waals surface area contributed by atoms with Crippen molar-refractivity contribution in [3.05, 3.63) is 64.2 Å². The summed E-state index contributed by atoms with van der Waals surface area (Å²) in [6.07, 6.45) is 0. The van der Waals surface area contributed by atoms with Gasteiger partial charge in [-0.25, -0.2) is 0 Å². The minimum Gasteiger partial charge on any atom is -0.489 e. The van der Waals surface area contributed by atoms with E-state index in [9.17, 15) is 0 Å². The van der Waals surface area contributed by atoms with Crippen LogP contribution in [0.3, 0.4) is 0 Å². The smallest absolute Gasteiger partial charge is 0.122 e. The van der Waals surface area contributed by atoms with Crippen LogP contribution in [0.4, 0.5) is 0 Å². The molecule has 2 rings (SSSR count). The highest BCUT2D eigenvalue weighted by atomic mass is 35.5. The first-order chi connectivity index (χ1) is 9.08. The van der Waals surface area contributed by atoms with Crippen molar-refractivity contribution >= 4 is 17.4 Å². The minimum absolute atomic E-state index is 0.00766. The van der Waals surface area contributed by atoms with Crippen LogP contribution < -0.4 is 10.5 Å². The van der Waals surface area contributed by atoms with Gasteiger partial charge in [0.15, 0.2) is 0 Å². The lowest BCUT2D eigenvalue weighted by Crippen LogP contribution is -2.11. The Labute approximate surface area is 117 Å². The third-order valence-corrected chi connectivity index (χ3v) is 3.19. The Balaban J connectivity index is 2.12. The molecule has 0 fully saturated rings. The molecule has 0 bridgehead atoms. The molecule has 0 atom stereocenters. The predicted octanol–water partition coefficient (Wildman–Crippen LogP) is 3.51. The molecule has 0 spiro atoms. The van der Waals surface area contributed by atoms with Gasteiger partial charge >= 0.3 is 0 Å². The van der Waals surface area contributed by atoms with Crippen molar-refractivity contribution < 1.29 is 4.74 Å². The Kier molecular flexibility index (Phi) is 4.07. The highest BCUT2D eigenvalue weighted by Gasteiger charge is 2.05. The number of benzene rings is 2. The lowest BCUT2D eigenvalue weighted by atomic mass is 10.1. The fourth-order valence-corrected chi connectivity index (χ4v) is 1.94. The summed E-state index contributed by atoms with van der Waals surface area (Å²) in [7, 11) is 0. The van der Waals surface area contributed by atoms with Crippen LogP contribution in [0.2, 0.25) is 5.02 Å². The highest BCUT2D eigenvalue weighted by Crippen LogP contribution is 2.22. The quantitative estimate of drug-likeness (QED) is 0.662. The largest absolute Gasteiger partial charge is 0.489 e. The molecule has 0 aliphatic heterocycles. The second kappa shape index (κ2) is 5.76. The van der Waals surface area contributed by atoms with Gasteiger partial charge < -0.3 is 10.5 Å². The van der Waals surface area contributed by atoms with Crippen LogP contribution in [0.25, 0.3) is 0 Å². The lowest BCUT2D eigenvalue weighted by molar-refractivity contribution is 0.304. The van der Waals surface area contributed by atoms with Crippen LogP contribution in [0.1, 0.15) is 16.7 Å². The molecule has 0 aliphatic carbocycles. The number of amidine groups is 1. The maximum atomic E-state index is 7.35. The fraction of sp³-hybridized carbons (Fsp3) is 0.133. The second-order valence-corrected chi connectivity index (χ2v) is 4.68. The molecule has 0 unspecified atom stereocenters. The van der Waals surface area contributed by atoms with Crippen molar-refractivity contribution in [1.82, 2.24) is 0 Å². The number of para-hydroxylation sites is 1. The minimum atomic E-state index is 0.00766. The molecular formula is C15H15ClN2O. The van der Waals surface area contributed by atoms with E-state index in [1.54, 1.807) is 12.1 Å². The molecular weight excluding hydrogens is 260 g/mol. The summed E-state index contributed by atoms with van der Waals surface area (Å²) in [6.45, 7) is 2.39. The Bertz CT molecular complexity index is 611. The normalized spacial score (nSPS) is 10.2. The first-order valence-corrected chi connectivity index (χ1v) is 6.27. The molecule has 0 radical (unpaired) electrons. The standard InChI is InChI=1S/C15H15ClN2O/c1-10-4-2-3-5-14(10)19-9-12-7-6-11(15(17)18)8-13(12)16/h2-8H,9H2,1H3,(H3,17,18). The van der Waals surface area contributed by atoms with Crippen LogP contribution >= 0.6 is 11.6 Å². The van der Waals surface area contributed by atoms with Crippen LogP contribution in [0.5, 0.6) is 5.75 Å². The summed E-state index contributed by atoms with van der Waals surface area (Å²) in [4.78, 5) is 0. The summed E-state index contributed by atoms with van der Waals surface area (Å²) in [5.41, 5.74) is 7.98. The zero-order valence-electron chi connectivity index (χ0n) is 10.6. The number of nitrogens with two attached hydrogens (primary N) is 1.